The highest BCUT2D eigenvalue weighted by atomic mass is 19.4. The normalized spacial score (nSPS) is 11.4. The number of aryl methyl sites for hydroxylation is 2. The summed E-state index contributed by atoms with van der Waals surface area (Å²) in [6.45, 7) is 5.57. The molecule has 1 heterocycles. The van der Waals surface area contributed by atoms with Crippen LogP contribution in [0.5, 0.6) is 17.2 Å². The predicted octanol–water partition coefficient (Wildman–Crippen LogP) is 6.54. The summed E-state index contributed by atoms with van der Waals surface area (Å²) in [6, 6.07) is 8.32. The zero-order valence-corrected chi connectivity index (χ0v) is 17.7. The number of benzene rings is 2. The largest absolute Gasteiger partial charge is 0.513 e. The maximum atomic E-state index is 13.7. The molecule has 0 spiro atoms. The van der Waals surface area contributed by atoms with Crippen LogP contribution in [0, 0.1) is 13.8 Å². The van der Waals surface area contributed by atoms with Gasteiger partial charge < -0.3 is 18.6 Å². The van der Waals surface area contributed by atoms with E-state index in [1.807, 2.05) is 13.0 Å². The Bertz CT molecular complexity index is 1180. The number of hydrogen-bond donors (Lipinski definition) is 0. The Labute approximate surface area is 181 Å². The topological polar surface area (TPSA) is 75.0 Å². The van der Waals surface area contributed by atoms with Crippen LogP contribution in [0.1, 0.15) is 36.7 Å². The first-order chi connectivity index (χ1) is 15.1. The van der Waals surface area contributed by atoms with Crippen molar-refractivity contribution < 1.29 is 36.6 Å². The van der Waals surface area contributed by atoms with Gasteiger partial charge in [0.05, 0.1) is 12.0 Å². The molecule has 0 atom stereocenters. The van der Waals surface area contributed by atoms with Crippen LogP contribution in [0.4, 0.5) is 18.0 Å². The third kappa shape index (κ3) is 5.40. The van der Waals surface area contributed by atoms with Crippen LogP contribution in [-0.2, 0) is 10.9 Å². The second-order valence-corrected chi connectivity index (χ2v) is 7.22. The van der Waals surface area contributed by atoms with E-state index in [-0.39, 0.29) is 23.5 Å². The van der Waals surface area contributed by atoms with Crippen molar-refractivity contribution in [3.05, 3.63) is 63.5 Å². The van der Waals surface area contributed by atoms with E-state index in [1.54, 1.807) is 13.8 Å². The SMILES string of the molecule is CCCCOC(=O)Oc1ccc2c(=O)c(Oc3cc(C)cc(C)c3)c(C(F)(F)F)oc2c1. The number of rotatable bonds is 6. The molecule has 170 valence electrons. The van der Waals surface area contributed by atoms with E-state index < -0.39 is 34.9 Å². The van der Waals surface area contributed by atoms with Crippen molar-refractivity contribution in [2.24, 2.45) is 0 Å². The summed E-state index contributed by atoms with van der Waals surface area (Å²) < 4.78 is 61.2. The van der Waals surface area contributed by atoms with Gasteiger partial charge in [0.15, 0.2) is 0 Å². The number of carbonyl (C=O) groups is 1. The standard InChI is InChI=1S/C23H21F3O6/c1-4-5-8-29-22(28)31-15-6-7-17-18(12-15)32-21(23(24,25)26)20(19(17)27)30-16-10-13(2)9-14(3)11-16/h6-7,9-12H,4-5,8H2,1-3H3. The Morgan fingerprint density at radius 2 is 1.72 bits per heavy atom. The van der Waals surface area contributed by atoms with Gasteiger partial charge in [0.25, 0.3) is 5.76 Å². The lowest BCUT2D eigenvalue weighted by molar-refractivity contribution is -0.154. The summed E-state index contributed by atoms with van der Waals surface area (Å²) in [6.07, 6.45) is -4.57. The Morgan fingerprint density at radius 1 is 1.03 bits per heavy atom. The van der Waals surface area contributed by atoms with Gasteiger partial charge in [0, 0.05) is 6.07 Å². The van der Waals surface area contributed by atoms with E-state index in [0.717, 1.165) is 23.6 Å². The van der Waals surface area contributed by atoms with E-state index in [0.29, 0.717) is 6.42 Å². The van der Waals surface area contributed by atoms with Gasteiger partial charge in [-0.1, -0.05) is 19.4 Å². The molecule has 0 radical (unpaired) electrons. The molecular formula is C23H21F3O6. The number of unbranched alkanes of at least 4 members (excludes halogenated alkanes) is 1. The smallest absolute Gasteiger partial charge is 0.449 e. The second kappa shape index (κ2) is 9.33. The molecule has 0 bridgehead atoms. The fourth-order valence-electron chi connectivity index (χ4n) is 3.03. The van der Waals surface area contributed by atoms with Crippen LogP contribution in [0.2, 0.25) is 0 Å². The van der Waals surface area contributed by atoms with Crippen molar-refractivity contribution in [2.45, 2.75) is 39.8 Å². The van der Waals surface area contributed by atoms with Crippen molar-refractivity contribution in [3.8, 4) is 17.2 Å². The van der Waals surface area contributed by atoms with Crippen LogP contribution < -0.4 is 14.9 Å². The van der Waals surface area contributed by atoms with E-state index >= 15 is 0 Å². The minimum atomic E-state index is -5.00. The molecule has 0 amide bonds. The zero-order valence-electron chi connectivity index (χ0n) is 17.7. The number of ether oxygens (including phenoxy) is 3. The monoisotopic (exact) mass is 450 g/mol. The van der Waals surface area contributed by atoms with Crippen LogP contribution in [0.15, 0.2) is 45.6 Å². The third-order valence-electron chi connectivity index (χ3n) is 4.41. The number of hydrogen-bond acceptors (Lipinski definition) is 6. The van der Waals surface area contributed by atoms with Gasteiger partial charge in [-0.15, -0.1) is 0 Å². The van der Waals surface area contributed by atoms with Gasteiger partial charge in [-0.25, -0.2) is 4.79 Å². The first-order valence-electron chi connectivity index (χ1n) is 9.87. The summed E-state index contributed by atoms with van der Waals surface area (Å²) >= 11 is 0. The Morgan fingerprint density at radius 3 is 2.34 bits per heavy atom. The van der Waals surface area contributed by atoms with Crippen LogP contribution >= 0.6 is 0 Å². The van der Waals surface area contributed by atoms with Gasteiger partial charge in [0.1, 0.15) is 17.1 Å². The van der Waals surface area contributed by atoms with Gasteiger partial charge in [-0.2, -0.15) is 13.2 Å². The highest BCUT2D eigenvalue weighted by Crippen LogP contribution is 2.39. The summed E-state index contributed by atoms with van der Waals surface area (Å²) in [4.78, 5) is 24.6. The van der Waals surface area contributed by atoms with Crippen molar-refractivity contribution in [1.29, 1.82) is 0 Å². The maximum Gasteiger partial charge on any atom is 0.513 e. The lowest BCUT2D eigenvalue weighted by Crippen LogP contribution is -2.16. The molecule has 0 N–H and O–H groups in total. The molecule has 0 aliphatic rings. The third-order valence-corrected chi connectivity index (χ3v) is 4.41. The zero-order chi connectivity index (χ0) is 23.5. The van der Waals surface area contributed by atoms with E-state index in [1.165, 1.54) is 24.3 Å². The summed E-state index contributed by atoms with van der Waals surface area (Å²) in [5.74, 6) is -2.60. The molecular weight excluding hydrogens is 429 g/mol. The average Bonchev–Trinajstić information content (AvgIpc) is 2.68. The molecule has 0 saturated carbocycles. The van der Waals surface area contributed by atoms with Gasteiger partial charge >= 0.3 is 12.3 Å². The summed E-state index contributed by atoms with van der Waals surface area (Å²) in [5, 5.41) is -0.163. The lowest BCUT2D eigenvalue weighted by Gasteiger charge is -2.14. The number of carbonyl (C=O) groups excluding carboxylic acids is 1. The molecule has 3 rings (SSSR count). The Balaban J connectivity index is 2.02. The fraction of sp³-hybridized carbons (Fsp3) is 0.304. The summed E-state index contributed by atoms with van der Waals surface area (Å²) in [7, 11) is 0. The average molecular weight is 450 g/mol. The van der Waals surface area contributed by atoms with Crippen molar-refractivity contribution in [1.82, 2.24) is 0 Å². The molecule has 0 aliphatic carbocycles. The van der Waals surface area contributed by atoms with Crippen LogP contribution in [0.3, 0.4) is 0 Å². The molecule has 1 aromatic heterocycles. The predicted molar refractivity (Wildman–Crippen MR) is 110 cm³/mol. The highest BCUT2D eigenvalue weighted by Gasteiger charge is 2.40. The molecule has 0 fully saturated rings. The molecule has 0 unspecified atom stereocenters. The first-order valence-corrected chi connectivity index (χ1v) is 9.87. The molecule has 6 nitrogen and oxygen atoms in total. The minimum absolute atomic E-state index is 0.0782. The van der Waals surface area contributed by atoms with Crippen molar-refractivity contribution >= 4 is 17.1 Å². The molecule has 0 saturated heterocycles. The molecule has 0 aliphatic heterocycles. The quantitative estimate of drug-likeness (QED) is 0.241. The molecule has 3 aromatic rings. The van der Waals surface area contributed by atoms with E-state index in [4.69, 9.17) is 18.6 Å². The van der Waals surface area contributed by atoms with Crippen LogP contribution in [0.25, 0.3) is 11.0 Å². The van der Waals surface area contributed by atoms with E-state index in [9.17, 15) is 22.8 Å². The summed E-state index contributed by atoms with van der Waals surface area (Å²) in [5.41, 5.74) is 0.0986. The molecule has 9 heteroatoms. The Kier molecular flexibility index (Phi) is 6.76. The maximum absolute atomic E-state index is 13.7. The highest BCUT2D eigenvalue weighted by molar-refractivity contribution is 5.80. The lowest BCUT2D eigenvalue weighted by atomic mass is 10.1. The van der Waals surface area contributed by atoms with Crippen molar-refractivity contribution in [2.75, 3.05) is 6.61 Å². The van der Waals surface area contributed by atoms with E-state index in [2.05, 4.69) is 0 Å². The Hall–Kier alpha value is -3.49. The van der Waals surface area contributed by atoms with Crippen LogP contribution in [-0.4, -0.2) is 12.8 Å². The van der Waals surface area contributed by atoms with Gasteiger partial charge in [-0.05, 0) is 55.7 Å². The number of fused-ring (bicyclic) bond motifs is 1. The minimum Gasteiger partial charge on any atom is -0.449 e. The van der Waals surface area contributed by atoms with Crippen molar-refractivity contribution in [3.63, 3.8) is 0 Å². The number of halogens is 3. The first kappa shape index (κ1) is 23.2. The van der Waals surface area contributed by atoms with Gasteiger partial charge in [-0.3, -0.25) is 4.79 Å². The second-order valence-electron chi connectivity index (χ2n) is 7.22. The molecule has 32 heavy (non-hydrogen) atoms. The van der Waals surface area contributed by atoms with Gasteiger partial charge in [0.2, 0.25) is 11.2 Å². The molecule has 2 aromatic carbocycles. The number of alkyl halides is 3. The fourth-order valence-corrected chi connectivity index (χ4v) is 3.03.